The van der Waals surface area contributed by atoms with E-state index in [2.05, 4.69) is 6.07 Å². The van der Waals surface area contributed by atoms with Crippen LogP contribution in [-0.4, -0.2) is 49.1 Å². The molecule has 2 bridgehead atoms. The smallest absolute Gasteiger partial charge is 0.277 e. The summed E-state index contributed by atoms with van der Waals surface area (Å²) in [6.07, 6.45) is 0.993. The first-order valence-corrected chi connectivity index (χ1v) is 9.77. The highest BCUT2D eigenvalue weighted by atomic mass is 16.2. The van der Waals surface area contributed by atoms with Crippen LogP contribution >= 0.6 is 0 Å². The summed E-state index contributed by atoms with van der Waals surface area (Å²) in [6.45, 7) is 2.51. The summed E-state index contributed by atoms with van der Waals surface area (Å²) >= 11 is 0. The maximum atomic E-state index is 12.7. The van der Waals surface area contributed by atoms with Crippen molar-refractivity contribution in [2.45, 2.75) is 18.9 Å². The monoisotopic (exact) mass is 377 g/mol. The molecule has 6 heteroatoms. The van der Waals surface area contributed by atoms with E-state index in [9.17, 15) is 14.9 Å². The highest BCUT2D eigenvalue weighted by molar-refractivity contribution is 5.77. The summed E-state index contributed by atoms with van der Waals surface area (Å²) in [5, 5.41) is 9.25. The third kappa shape index (κ3) is 3.34. The Morgan fingerprint density at radius 3 is 2.79 bits per heavy atom. The molecule has 28 heavy (non-hydrogen) atoms. The number of carbonyl (C=O) groups excluding carboxylic acids is 1. The van der Waals surface area contributed by atoms with E-state index in [1.165, 1.54) is 0 Å². The molecule has 1 aromatic carbocycles. The molecule has 6 nitrogen and oxygen atoms in total. The molecule has 4 rings (SSSR count). The van der Waals surface area contributed by atoms with Gasteiger partial charge in [-0.3, -0.25) is 9.59 Å². The maximum absolute atomic E-state index is 12.7. The SMILES string of the molecule is C[NH+](C)CC(=O)N1C[C@@H]2C[C@H](C1)c1c(-c3cccc(C#N)c3)ccc(=O)n1C2. The molecule has 3 heterocycles. The summed E-state index contributed by atoms with van der Waals surface area (Å²) in [7, 11) is 3.97. The van der Waals surface area contributed by atoms with E-state index in [4.69, 9.17) is 0 Å². The number of quaternary nitrogens is 1. The van der Waals surface area contributed by atoms with Gasteiger partial charge in [-0.25, -0.2) is 0 Å². The van der Waals surface area contributed by atoms with Crippen molar-refractivity contribution in [3.05, 3.63) is 58.0 Å². The minimum Gasteiger partial charge on any atom is -0.337 e. The van der Waals surface area contributed by atoms with Gasteiger partial charge in [-0.1, -0.05) is 12.1 Å². The van der Waals surface area contributed by atoms with E-state index < -0.39 is 0 Å². The molecule has 0 radical (unpaired) electrons. The number of nitriles is 1. The molecule has 0 spiro atoms. The maximum Gasteiger partial charge on any atom is 0.277 e. The number of aromatic nitrogens is 1. The van der Waals surface area contributed by atoms with E-state index >= 15 is 0 Å². The van der Waals surface area contributed by atoms with Crippen molar-refractivity contribution in [3.63, 3.8) is 0 Å². The largest absolute Gasteiger partial charge is 0.337 e. The number of likely N-dealkylation sites (N-methyl/N-ethyl adjacent to an activating group) is 1. The zero-order valence-electron chi connectivity index (χ0n) is 16.3. The van der Waals surface area contributed by atoms with Crippen LogP contribution in [0.15, 0.2) is 41.2 Å². The molecular weight excluding hydrogens is 352 g/mol. The number of pyridine rings is 1. The fourth-order valence-corrected chi connectivity index (χ4v) is 4.63. The van der Waals surface area contributed by atoms with Crippen molar-refractivity contribution < 1.29 is 9.69 Å². The lowest BCUT2D eigenvalue weighted by Crippen LogP contribution is -3.07. The number of rotatable bonds is 3. The summed E-state index contributed by atoms with van der Waals surface area (Å²) in [5.74, 6) is 0.628. The molecule has 2 aliphatic heterocycles. The Morgan fingerprint density at radius 1 is 1.21 bits per heavy atom. The third-order valence-electron chi connectivity index (χ3n) is 5.75. The number of benzene rings is 1. The number of piperidine rings is 1. The minimum atomic E-state index is 0.0161. The average molecular weight is 377 g/mol. The van der Waals surface area contributed by atoms with E-state index in [-0.39, 0.29) is 17.4 Å². The Morgan fingerprint density at radius 2 is 2.04 bits per heavy atom. The lowest BCUT2D eigenvalue weighted by atomic mass is 9.80. The number of nitrogens with zero attached hydrogens (tertiary/aromatic N) is 3. The van der Waals surface area contributed by atoms with Gasteiger partial charge in [0.05, 0.1) is 25.7 Å². The van der Waals surface area contributed by atoms with Crippen LogP contribution in [0.1, 0.15) is 23.6 Å². The number of fused-ring (bicyclic) bond motifs is 4. The number of likely N-dealkylation sites (tertiary alicyclic amines) is 1. The molecule has 0 unspecified atom stereocenters. The third-order valence-corrected chi connectivity index (χ3v) is 5.75. The Hall–Kier alpha value is -2.91. The fourth-order valence-electron chi connectivity index (χ4n) is 4.63. The number of carbonyl (C=O) groups is 1. The second kappa shape index (κ2) is 7.25. The summed E-state index contributed by atoms with van der Waals surface area (Å²) in [4.78, 5) is 28.3. The zero-order valence-corrected chi connectivity index (χ0v) is 16.3. The number of hydrogen-bond donors (Lipinski definition) is 1. The van der Waals surface area contributed by atoms with Gasteiger partial charge in [0.25, 0.3) is 11.5 Å². The highest BCUT2D eigenvalue weighted by Gasteiger charge is 2.38. The van der Waals surface area contributed by atoms with Crippen molar-refractivity contribution in [3.8, 4) is 17.2 Å². The van der Waals surface area contributed by atoms with Crippen molar-refractivity contribution in [1.82, 2.24) is 9.47 Å². The van der Waals surface area contributed by atoms with Gasteiger partial charge < -0.3 is 14.4 Å². The standard InChI is InChI=1S/C22H24N4O2/c1-24(2)14-21(28)25-11-16-9-18(13-25)22-19(6-7-20(27)26(22)12-16)17-5-3-4-15(8-17)10-23/h3-8,16,18H,9,11-14H2,1-2H3/p+1/t16-,18+/m0/s1. The van der Waals surface area contributed by atoms with Gasteiger partial charge in [-0.2, -0.15) is 5.26 Å². The van der Waals surface area contributed by atoms with E-state index in [1.54, 1.807) is 12.1 Å². The Kier molecular flexibility index (Phi) is 4.78. The van der Waals surface area contributed by atoms with Crippen LogP contribution in [0.25, 0.3) is 11.1 Å². The summed E-state index contributed by atoms with van der Waals surface area (Å²) in [6, 6.07) is 13.2. The van der Waals surface area contributed by atoms with Crippen molar-refractivity contribution in [1.29, 1.82) is 5.26 Å². The predicted molar refractivity (Wildman–Crippen MR) is 106 cm³/mol. The normalized spacial score (nSPS) is 20.6. The lowest BCUT2D eigenvalue weighted by Gasteiger charge is -2.43. The Labute approximate surface area is 164 Å². The van der Waals surface area contributed by atoms with E-state index in [0.717, 1.165) is 34.7 Å². The number of amides is 1. The molecule has 1 N–H and O–H groups in total. The minimum absolute atomic E-state index is 0.0161. The summed E-state index contributed by atoms with van der Waals surface area (Å²) in [5.41, 5.74) is 3.57. The lowest BCUT2D eigenvalue weighted by molar-refractivity contribution is -0.849. The van der Waals surface area contributed by atoms with Gasteiger partial charge in [0.15, 0.2) is 6.54 Å². The molecule has 1 aromatic heterocycles. The molecule has 2 aliphatic rings. The van der Waals surface area contributed by atoms with Crippen molar-refractivity contribution >= 4 is 5.91 Å². The Bertz CT molecular complexity index is 1020. The van der Waals surface area contributed by atoms with Gasteiger partial charge in [0, 0.05) is 42.9 Å². The topological polar surface area (TPSA) is 70.5 Å². The molecule has 1 saturated heterocycles. The van der Waals surface area contributed by atoms with Crippen LogP contribution < -0.4 is 10.5 Å². The van der Waals surface area contributed by atoms with Crippen LogP contribution in [0.5, 0.6) is 0 Å². The van der Waals surface area contributed by atoms with Gasteiger partial charge in [0.1, 0.15) is 0 Å². The quantitative estimate of drug-likeness (QED) is 0.846. The number of hydrogen-bond acceptors (Lipinski definition) is 3. The highest BCUT2D eigenvalue weighted by Crippen LogP contribution is 2.39. The van der Waals surface area contributed by atoms with Crippen LogP contribution in [0, 0.1) is 17.2 Å². The fraction of sp³-hybridized carbons (Fsp3) is 0.409. The first kappa shape index (κ1) is 18.5. The second-order valence-electron chi connectivity index (χ2n) is 8.25. The van der Waals surface area contributed by atoms with Crippen LogP contribution in [-0.2, 0) is 11.3 Å². The van der Waals surface area contributed by atoms with Gasteiger partial charge in [0.2, 0.25) is 0 Å². The molecule has 2 atom stereocenters. The van der Waals surface area contributed by atoms with Crippen molar-refractivity contribution in [2.75, 3.05) is 33.7 Å². The first-order chi connectivity index (χ1) is 13.5. The van der Waals surface area contributed by atoms with Crippen LogP contribution in [0.2, 0.25) is 0 Å². The zero-order chi connectivity index (χ0) is 19.8. The molecule has 144 valence electrons. The van der Waals surface area contributed by atoms with Gasteiger partial charge >= 0.3 is 0 Å². The van der Waals surface area contributed by atoms with Gasteiger partial charge in [-0.05, 0) is 36.1 Å². The van der Waals surface area contributed by atoms with Crippen LogP contribution in [0.4, 0.5) is 0 Å². The number of nitrogens with one attached hydrogen (secondary N) is 1. The predicted octanol–water partition coefficient (Wildman–Crippen LogP) is 0.477. The molecule has 0 aliphatic carbocycles. The van der Waals surface area contributed by atoms with E-state index in [1.807, 2.05) is 47.8 Å². The molecule has 1 amide bonds. The molecule has 2 aromatic rings. The molecular formula is C22H25N4O2+. The van der Waals surface area contributed by atoms with E-state index in [0.29, 0.717) is 31.1 Å². The first-order valence-electron chi connectivity index (χ1n) is 9.77. The average Bonchev–Trinajstić information content (AvgIpc) is 2.68. The summed E-state index contributed by atoms with van der Waals surface area (Å²) < 4.78 is 1.90. The van der Waals surface area contributed by atoms with Gasteiger partial charge in [-0.15, -0.1) is 0 Å². The van der Waals surface area contributed by atoms with Crippen LogP contribution in [0.3, 0.4) is 0 Å². The molecule has 1 fully saturated rings. The molecule has 0 saturated carbocycles. The Balaban J connectivity index is 1.76. The second-order valence-corrected chi connectivity index (χ2v) is 8.25. The van der Waals surface area contributed by atoms with Crippen molar-refractivity contribution in [2.24, 2.45) is 5.92 Å².